The molecule has 0 amide bonds. The van der Waals surface area contributed by atoms with Gasteiger partial charge in [0.1, 0.15) is 0 Å². The monoisotopic (exact) mass is 430 g/mol. The summed E-state index contributed by atoms with van der Waals surface area (Å²) in [6, 6.07) is 2.50. The first kappa shape index (κ1) is 29.8. The maximum absolute atomic E-state index is 12.7. The van der Waals surface area contributed by atoms with Crippen molar-refractivity contribution < 1.29 is 36.7 Å². The minimum Gasteiger partial charge on any atom is -0.507 e. The molecule has 0 spiro atoms. The number of hydrogen-bond acceptors (Lipinski definition) is 5. The van der Waals surface area contributed by atoms with E-state index in [1.54, 1.807) is 0 Å². The highest BCUT2D eigenvalue weighted by Gasteiger charge is 2.29. The predicted octanol–water partition coefficient (Wildman–Crippen LogP) is 3.52. The molecule has 4 N–H and O–H groups in total. The first-order valence-electron chi connectivity index (χ1n) is 9.17. The number of hydrogen-bond donors (Lipinski definition) is 4. The van der Waals surface area contributed by atoms with Gasteiger partial charge >= 0.3 is 7.32 Å². The quantitative estimate of drug-likeness (QED) is 0.241. The van der Waals surface area contributed by atoms with Crippen LogP contribution in [-0.2, 0) is 0 Å². The molecule has 170 valence electrons. The Kier molecular flexibility index (Phi) is 14.9. The Labute approximate surface area is 169 Å². The van der Waals surface area contributed by atoms with E-state index in [1.807, 2.05) is 0 Å². The van der Waals surface area contributed by atoms with Gasteiger partial charge in [0.05, 0.1) is 0 Å². The van der Waals surface area contributed by atoms with E-state index in [2.05, 4.69) is 70.7 Å². The van der Waals surface area contributed by atoms with Crippen molar-refractivity contribution in [2.75, 3.05) is 0 Å². The van der Waals surface area contributed by atoms with Crippen molar-refractivity contribution in [2.24, 2.45) is 0 Å². The van der Waals surface area contributed by atoms with Gasteiger partial charge in [-0.05, 0) is 0 Å². The molecule has 0 unspecified atom stereocenters. The van der Waals surface area contributed by atoms with Crippen LogP contribution in [-0.4, -0.2) is 41.5 Å². The lowest BCUT2D eigenvalue weighted by molar-refractivity contribution is 0.263. The predicted molar refractivity (Wildman–Crippen MR) is 104 cm³/mol. The van der Waals surface area contributed by atoms with E-state index in [9.17, 15) is 22.0 Å². The average Bonchev–Trinajstić information content (AvgIpc) is 2.53. The molecular weight excluding hydrogens is 398 g/mol. The number of nitrogens with one attached hydrogen (secondary N) is 2. The number of halogens is 5. The topological polar surface area (TPSA) is 73.8 Å². The zero-order valence-corrected chi connectivity index (χ0v) is 18.1. The van der Waals surface area contributed by atoms with E-state index in [-0.39, 0.29) is 0 Å². The van der Waals surface area contributed by atoms with Crippen LogP contribution in [0.4, 0.5) is 22.0 Å². The second-order valence-electron chi connectivity index (χ2n) is 7.30. The Morgan fingerprint density at radius 2 is 0.828 bits per heavy atom. The van der Waals surface area contributed by atoms with Crippen LogP contribution in [0, 0.1) is 29.1 Å². The summed E-state index contributed by atoms with van der Waals surface area (Å²) in [4.78, 5) is 0. The van der Waals surface area contributed by atoms with E-state index in [4.69, 9.17) is 10.0 Å². The molecule has 0 fully saturated rings. The first-order valence-corrected chi connectivity index (χ1v) is 9.17. The Morgan fingerprint density at radius 3 is 1.00 bits per heavy atom. The number of rotatable bonds is 6. The molecule has 0 saturated carbocycles. The van der Waals surface area contributed by atoms with Crippen LogP contribution in [0.15, 0.2) is 0 Å². The van der Waals surface area contributed by atoms with E-state index < -0.39 is 42.2 Å². The largest absolute Gasteiger partial charge is 0.707 e. The van der Waals surface area contributed by atoms with E-state index in [0.29, 0.717) is 24.2 Å². The molecule has 0 radical (unpaired) electrons. The van der Waals surface area contributed by atoms with Crippen molar-refractivity contribution in [2.45, 2.75) is 79.6 Å². The zero-order valence-electron chi connectivity index (χ0n) is 18.1. The highest BCUT2D eigenvalue weighted by Crippen LogP contribution is 2.28. The van der Waals surface area contributed by atoms with Crippen LogP contribution in [0.5, 0.6) is 5.75 Å². The molecule has 5 nitrogen and oxygen atoms in total. The molecule has 0 aliphatic rings. The molecule has 1 aromatic carbocycles. The molecule has 0 atom stereocenters. The average molecular weight is 430 g/mol. The summed E-state index contributed by atoms with van der Waals surface area (Å²) in [6.45, 7) is 17.2. The molecular formula is C18H32BF5N2O3. The summed E-state index contributed by atoms with van der Waals surface area (Å²) in [5.41, 5.74) is 0. The molecule has 0 aromatic heterocycles. The normalized spacial score (nSPS) is 10.7. The lowest BCUT2D eigenvalue weighted by Gasteiger charge is -2.10. The van der Waals surface area contributed by atoms with Gasteiger partial charge in [-0.1, -0.05) is 55.4 Å². The fraction of sp³-hybridized carbons (Fsp3) is 0.667. The highest BCUT2D eigenvalue weighted by molar-refractivity contribution is 6.33. The van der Waals surface area contributed by atoms with Crippen LogP contribution in [0.2, 0.25) is 0 Å². The molecule has 1 aromatic rings. The van der Waals surface area contributed by atoms with E-state index in [1.165, 1.54) is 0 Å². The van der Waals surface area contributed by atoms with Crippen molar-refractivity contribution in [3.8, 4) is 5.75 Å². The van der Waals surface area contributed by atoms with E-state index >= 15 is 0 Å². The van der Waals surface area contributed by atoms with Crippen molar-refractivity contribution in [3.05, 3.63) is 29.1 Å². The van der Waals surface area contributed by atoms with Crippen LogP contribution in [0.1, 0.15) is 55.4 Å². The van der Waals surface area contributed by atoms with Crippen LogP contribution < -0.4 is 15.3 Å². The Morgan fingerprint density at radius 1 is 0.586 bits per heavy atom. The maximum Gasteiger partial charge on any atom is 0.707 e. The Hall–Kier alpha value is -1.43. The molecule has 0 saturated heterocycles. The summed E-state index contributed by atoms with van der Waals surface area (Å²) in [7, 11) is -2.70. The number of benzene rings is 1. The first-order chi connectivity index (χ1) is 13.1. The van der Waals surface area contributed by atoms with Gasteiger partial charge in [-0.15, -0.1) is 0 Å². The Balaban J connectivity index is 0. The minimum atomic E-state index is -2.70. The summed E-state index contributed by atoms with van der Waals surface area (Å²) in [6.07, 6.45) is 0. The van der Waals surface area contributed by atoms with Crippen molar-refractivity contribution in [3.63, 3.8) is 0 Å². The summed E-state index contributed by atoms with van der Waals surface area (Å²) < 4.78 is 66.3. The van der Waals surface area contributed by atoms with Crippen LogP contribution >= 0.6 is 0 Å². The van der Waals surface area contributed by atoms with Gasteiger partial charge < -0.3 is 25.3 Å². The lowest BCUT2D eigenvalue weighted by atomic mass is 10.2. The van der Waals surface area contributed by atoms with E-state index in [0.717, 1.165) is 0 Å². The summed E-state index contributed by atoms with van der Waals surface area (Å²) in [5, 5.41) is 22.9. The molecule has 0 heterocycles. The van der Waals surface area contributed by atoms with Crippen molar-refractivity contribution >= 4 is 7.32 Å². The van der Waals surface area contributed by atoms with Crippen molar-refractivity contribution in [1.29, 1.82) is 0 Å². The second kappa shape index (κ2) is 14.5. The molecule has 29 heavy (non-hydrogen) atoms. The Bertz CT molecular complexity index is 548. The third kappa shape index (κ3) is 13.4. The van der Waals surface area contributed by atoms with Gasteiger partial charge in [0.15, 0.2) is 5.75 Å². The molecule has 0 aliphatic heterocycles. The maximum atomic E-state index is 12.7. The summed E-state index contributed by atoms with van der Waals surface area (Å²) >= 11 is 0. The van der Waals surface area contributed by atoms with Gasteiger partial charge in [-0.2, -0.15) is 8.78 Å². The highest BCUT2D eigenvalue weighted by atomic mass is 19.2. The molecule has 11 heteroatoms. The standard InChI is InChI=1S/C6H2BF5O3.2C6H15N/c8-1-2(9)4(11)6(15-7(13)14)5(12)3(1)10;2*1-5(2)7-6(3)4/h13-14H;2*5-7H,1-4H3. The van der Waals surface area contributed by atoms with Crippen LogP contribution in [0.25, 0.3) is 0 Å². The second-order valence-corrected chi connectivity index (χ2v) is 7.30. The summed E-state index contributed by atoms with van der Waals surface area (Å²) in [5.74, 6) is -13.1. The smallest absolute Gasteiger partial charge is 0.507 e. The third-order valence-electron chi connectivity index (χ3n) is 2.73. The van der Waals surface area contributed by atoms with Gasteiger partial charge in [-0.3, -0.25) is 0 Å². The fourth-order valence-electron chi connectivity index (χ4n) is 2.13. The van der Waals surface area contributed by atoms with Gasteiger partial charge in [0.25, 0.3) is 0 Å². The fourth-order valence-corrected chi connectivity index (χ4v) is 2.13. The lowest BCUT2D eigenvalue weighted by Crippen LogP contribution is -2.29. The molecule has 1 rings (SSSR count). The molecule has 0 bridgehead atoms. The van der Waals surface area contributed by atoms with Crippen molar-refractivity contribution in [1.82, 2.24) is 10.6 Å². The third-order valence-corrected chi connectivity index (χ3v) is 2.73. The van der Waals surface area contributed by atoms with Crippen LogP contribution in [0.3, 0.4) is 0 Å². The van der Waals surface area contributed by atoms with Gasteiger partial charge in [0.2, 0.25) is 29.1 Å². The SMILES string of the molecule is CC(C)NC(C)C.CC(C)NC(C)C.OB(O)Oc1c(F)c(F)c(F)c(F)c1F. The minimum absolute atomic E-state index is 0.625. The van der Waals surface area contributed by atoms with Gasteiger partial charge in [-0.25, -0.2) is 13.2 Å². The molecule has 0 aliphatic carbocycles. The van der Waals surface area contributed by atoms with Gasteiger partial charge in [0, 0.05) is 24.2 Å². The zero-order chi connectivity index (χ0) is 23.5.